The summed E-state index contributed by atoms with van der Waals surface area (Å²) in [5, 5.41) is 11.1. The highest BCUT2D eigenvalue weighted by atomic mass is 79.9. The minimum absolute atomic E-state index is 0.0742. The Morgan fingerprint density at radius 2 is 2.21 bits per heavy atom. The number of nitrogens with one attached hydrogen (secondary N) is 1. The molecule has 0 spiro atoms. The fourth-order valence-electron chi connectivity index (χ4n) is 1.01. The monoisotopic (exact) mass is 258 g/mol. The van der Waals surface area contributed by atoms with E-state index < -0.39 is 0 Å². The number of benzene rings is 1. The Hall–Kier alpha value is -1.07. The molecule has 0 bridgehead atoms. The molecule has 0 aliphatic carbocycles. The number of nitrogens with two attached hydrogens (primary N) is 1. The molecule has 0 heterocycles. The normalized spacial score (nSPS) is 9.86. The van der Waals surface area contributed by atoms with E-state index in [2.05, 4.69) is 21.2 Å². The van der Waals surface area contributed by atoms with Crippen LogP contribution in [0.2, 0.25) is 0 Å². The van der Waals surface area contributed by atoms with Gasteiger partial charge in [-0.25, -0.2) is 0 Å². The Kier molecular flexibility index (Phi) is 3.91. The molecular weight excluding hydrogens is 248 g/mol. The molecule has 5 heteroatoms. The van der Waals surface area contributed by atoms with Gasteiger partial charge in [-0.3, -0.25) is 4.79 Å². The average molecular weight is 259 g/mol. The molecule has 0 aliphatic rings. The lowest BCUT2D eigenvalue weighted by molar-refractivity contribution is 0.0945. The van der Waals surface area contributed by atoms with E-state index in [0.717, 1.165) is 4.47 Å². The fourth-order valence-corrected chi connectivity index (χ4v) is 1.53. The van der Waals surface area contributed by atoms with E-state index in [-0.39, 0.29) is 19.1 Å². The number of aliphatic hydroxyl groups excluding tert-OH is 1. The van der Waals surface area contributed by atoms with Crippen LogP contribution in [0, 0.1) is 0 Å². The molecule has 0 unspecified atom stereocenters. The van der Waals surface area contributed by atoms with Gasteiger partial charge in [-0.05, 0) is 18.2 Å². The van der Waals surface area contributed by atoms with Gasteiger partial charge in [0.2, 0.25) is 0 Å². The summed E-state index contributed by atoms with van der Waals surface area (Å²) in [7, 11) is 0. The lowest BCUT2D eigenvalue weighted by Crippen LogP contribution is -2.26. The van der Waals surface area contributed by atoms with Crippen LogP contribution in [0.4, 0.5) is 5.69 Å². The van der Waals surface area contributed by atoms with Gasteiger partial charge in [0.1, 0.15) is 0 Å². The average Bonchev–Trinajstić information content (AvgIpc) is 2.12. The highest BCUT2D eigenvalue weighted by Crippen LogP contribution is 2.16. The third-order valence-corrected chi connectivity index (χ3v) is 2.04. The Morgan fingerprint density at radius 3 is 2.79 bits per heavy atom. The zero-order valence-corrected chi connectivity index (χ0v) is 9.04. The topological polar surface area (TPSA) is 75.4 Å². The largest absolute Gasteiger partial charge is 0.399 e. The highest BCUT2D eigenvalue weighted by Gasteiger charge is 2.05. The molecule has 0 saturated heterocycles. The number of carbonyl (C=O) groups is 1. The van der Waals surface area contributed by atoms with Crippen molar-refractivity contribution in [3.63, 3.8) is 0 Å². The molecule has 0 fully saturated rings. The van der Waals surface area contributed by atoms with E-state index in [1.165, 1.54) is 0 Å². The van der Waals surface area contributed by atoms with Crippen LogP contribution in [0.5, 0.6) is 0 Å². The maximum absolute atomic E-state index is 11.4. The van der Waals surface area contributed by atoms with Crippen LogP contribution in [0.15, 0.2) is 22.7 Å². The summed E-state index contributed by atoms with van der Waals surface area (Å²) in [6.07, 6.45) is 0. The second kappa shape index (κ2) is 4.97. The molecule has 0 aromatic heterocycles. The number of hydrogen-bond acceptors (Lipinski definition) is 3. The van der Waals surface area contributed by atoms with Gasteiger partial charge < -0.3 is 16.2 Å². The van der Waals surface area contributed by atoms with Crippen molar-refractivity contribution in [2.45, 2.75) is 0 Å². The van der Waals surface area contributed by atoms with E-state index in [4.69, 9.17) is 10.8 Å². The number of carbonyl (C=O) groups excluding carboxylic acids is 1. The van der Waals surface area contributed by atoms with Crippen molar-refractivity contribution >= 4 is 27.5 Å². The number of hydrogen-bond donors (Lipinski definition) is 3. The third-order valence-electron chi connectivity index (χ3n) is 1.58. The van der Waals surface area contributed by atoms with E-state index in [1.54, 1.807) is 18.2 Å². The smallest absolute Gasteiger partial charge is 0.251 e. The third kappa shape index (κ3) is 3.01. The molecule has 1 aromatic carbocycles. The lowest BCUT2D eigenvalue weighted by Gasteiger charge is -2.04. The predicted molar refractivity (Wildman–Crippen MR) is 58.0 cm³/mol. The Labute approximate surface area is 90.2 Å². The number of halogens is 1. The quantitative estimate of drug-likeness (QED) is 0.701. The van der Waals surface area contributed by atoms with Gasteiger partial charge in [0, 0.05) is 22.3 Å². The van der Waals surface area contributed by atoms with Crippen molar-refractivity contribution in [2.24, 2.45) is 0 Å². The first kappa shape index (κ1) is 11.0. The summed E-state index contributed by atoms with van der Waals surface area (Å²) in [6, 6.07) is 4.96. The zero-order valence-electron chi connectivity index (χ0n) is 7.46. The SMILES string of the molecule is Nc1cc(Br)cc(C(=O)NCCO)c1. The second-order valence-corrected chi connectivity index (χ2v) is 3.67. The standard InChI is InChI=1S/C9H11BrN2O2/c10-7-3-6(4-8(11)5-7)9(14)12-1-2-13/h3-5,13H,1-2,11H2,(H,12,14). The summed E-state index contributed by atoms with van der Waals surface area (Å²) >= 11 is 3.24. The molecule has 4 N–H and O–H groups in total. The van der Waals surface area contributed by atoms with Crippen LogP contribution >= 0.6 is 15.9 Å². The molecule has 1 rings (SSSR count). The summed E-state index contributed by atoms with van der Waals surface area (Å²) in [4.78, 5) is 11.4. The van der Waals surface area contributed by atoms with Gasteiger partial charge in [0.15, 0.2) is 0 Å². The molecule has 0 saturated carbocycles. The van der Waals surface area contributed by atoms with E-state index >= 15 is 0 Å². The van der Waals surface area contributed by atoms with Crippen molar-refractivity contribution < 1.29 is 9.90 Å². The summed E-state index contributed by atoms with van der Waals surface area (Å²) < 4.78 is 0.756. The fraction of sp³-hybridized carbons (Fsp3) is 0.222. The highest BCUT2D eigenvalue weighted by molar-refractivity contribution is 9.10. The molecule has 1 amide bonds. The molecule has 76 valence electrons. The van der Waals surface area contributed by atoms with E-state index in [9.17, 15) is 4.79 Å². The van der Waals surface area contributed by atoms with Gasteiger partial charge >= 0.3 is 0 Å². The molecule has 0 atom stereocenters. The molecular formula is C9H11BrN2O2. The van der Waals surface area contributed by atoms with Gasteiger partial charge in [-0.1, -0.05) is 15.9 Å². The second-order valence-electron chi connectivity index (χ2n) is 2.75. The maximum atomic E-state index is 11.4. The first-order chi connectivity index (χ1) is 6.63. The maximum Gasteiger partial charge on any atom is 0.251 e. The van der Waals surface area contributed by atoms with Crippen LogP contribution in [0.3, 0.4) is 0 Å². The van der Waals surface area contributed by atoms with Gasteiger partial charge in [-0.2, -0.15) is 0 Å². The van der Waals surface area contributed by atoms with Crippen LogP contribution in [0.25, 0.3) is 0 Å². The Bertz CT molecular complexity index is 321. The predicted octanol–water partition coefficient (Wildman–Crippen LogP) is 0.753. The summed E-state index contributed by atoms with van der Waals surface area (Å²) in [6.45, 7) is 0.167. The first-order valence-corrected chi connectivity index (χ1v) is 4.88. The van der Waals surface area contributed by atoms with Crippen molar-refractivity contribution in [1.82, 2.24) is 5.32 Å². The minimum atomic E-state index is -0.243. The van der Waals surface area contributed by atoms with E-state index in [0.29, 0.717) is 11.3 Å². The van der Waals surface area contributed by atoms with Crippen molar-refractivity contribution in [1.29, 1.82) is 0 Å². The van der Waals surface area contributed by atoms with Crippen molar-refractivity contribution in [2.75, 3.05) is 18.9 Å². The molecule has 4 nitrogen and oxygen atoms in total. The van der Waals surface area contributed by atoms with E-state index in [1.807, 2.05) is 0 Å². The summed E-state index contributed by atoms with van der Waals surface area (Å²) in [5.74, 6) is -0.243. The molecule has 14 heavy (non-hydrogen) atoms. The number of amides is 1. The number of aliphatic hydroxyl groups is 1. The van der Waals surface area contributed by atoms with Crippen molar-refractivity contribution in [3.8, 4) is 0 Å². The van der Waals surface area contributed by atoms with Crippen LogP contribution < -0.4 is 11.1 Å². The van der Waals surface area contributed by atoms with Crippen LogP contribution in [-0.4, -0.2) is 24.2 Å². The Morgan fingerprint density at radius 1 is 1.50 bits per heavy atom. The number of rotatable bonds is 3. The first-order valence-electron chi connectivity index (χ1n) is 4.08. The van der Waals surface area contributed by atoms with Gasteiger partial charge in [-0.15, -0.1) is 0 Å². The lowest BCUT2D eigenvalue weighted by atomic mass is 10.2. The molecule has 0 aliphatic heterocycles. The number of anilines is 1. The van der Waals surface area contributed by atoms with Crippen LogP contribution in [-0.2, 0) is 0 Å². The van der Waals surface area contributed by atoms with Gasteiger partial charge in [0.25, 0.3) is 5.91 Å². The Balaban J connectivity index is 2.79. The van der Waals surface area contributed by atoms with Crippen LogP contribution in [0.1, 0.15) is 10.4 Å². The van der Waals surface area contributed by atoms with Gasteiger partial charge in [0.05, 0.1) is 6.61 Å². The summed E-state index contributed by atoms with van der Waals surface area (Å²) in [5.41, 5.74) is 6.57. The molecule has 0 radical (unpaired) electrons. The number of nitrogen functional groups attached to an aromatic ring is 1. The minimum Gasteiger partial charge on any atom is -0.399 e. The molecule has 1 aromatic rings. The van der Waals surface area contributed by atoms with Crippen molar-refractivity contribution in [3.05, 3.63) is 28.2 Å². The zero-order chi connectivity index (χ0) is 10.6.